The lowest BCUT2D eigenvalue weighted by atomic mass is 9.80. The third-order valence-corrected chi connectivity index (χ3v) is 23.5. The summed E-state index contributed by atoms with van der Waals surface area (Å²) in [4.78, 5) is 99.8. The second-order valence-corrected chi connectivity index (χ2v) is 30.2. The van der Waals surface area contributed by atoms with Crippen LogP contribution in [0.1, 0.15) is 246 Å². The molecule has 0 spiro atoms. The molecule has 110 heavy (non-hydrogen) atoms. The molecule has 7 aliphatic heterocycles. The number of hydrogen-bond donors (Lipinski definition) is 7. The van der Waals surface area contributed by atoms with Crippen LogP contribution in [-0.4, -0.2) is 162 Å². The fraction of sp³-hybridized carbons (Fsp3) is 0.512. The number of amides is 5. The van der Waals surface area contributed by atoms with Crippen molar-refractivity contribution in [3.05, 3.63) is 142 Å². The molecule has 4 aliphatic carbocycles. The number of halogens is 2. The zero-order valence-electron chi connectivity index (χ0n) is 77.6. The van der Waals surface area contributed by atoms with Crippen LogP contribution in [0.25, 0.3) is 50.2 Å². The topological polar surface area (TPSA) is 283 Å². The number of benzene rings is 4. The van der Waals surface area contributed by atoms with Crippen molar-refractivity contribution in [2.45, 2.75) is 216 Å². The number of rotatable bonds is 19. The van der Waals surface area contributed by atoms with Crippen LogP contribution in [-0.2, 0) is 28.6 Å². The van der Waals surface area contributed by atoms with Crippen molar-refractivity contribution < 1.29 is 77.4 Å². The van der Waals surface area contributed by atoms with Gasteiger partial charge < -0.3 is 60.7 Å². The van der Waals surface area contributed by atoms with Gasteiger partial charge in [-0.05, 0) is 223 Å². The molecule has 24 heteroatoms. The number of fused-ring (bicyclic) bond motifs is 10. The predicted molar refractivity (Wildman–Crippen MR) is 421 cm³/mol. The zero-order valence-corrected chi connectivity index (χ0v) is 62.6. The van der Waals surface area contributed by atoms with Gasteiger partial charge in [-0.3, -0.25) is 24.6 Å². The quantitative estimate of drug-likeness (QED) is 0.0379. The number of imidazole rings is 1. The van der Waals surface area contributed by atoms with Crippen molar-refractivity contribution in [2.75, 3.05) is 47.5 Å². The molecule has 5 amide bonds. The summed E-state index contributed by atoms with van der Waals surface area (Å²) in [6.45, 7) is -4.63. The molecular formula is C86H104F2N12O10. The van der Waals surface area contributed by atoms with Crippen molar-refractivity contribution >= 4 is 69.9 Å². The number of ether oxygens (including phenoxy) is 3. The molecule has 582 valence electrons. The van der Waals surface area contributed by atoms with Crippen LogP contribution >= 0.6 is 0 Å². The van der Waals surface area contributed by atoms with Gasteiger partial charge in [-0.25, -0.2) is 32.9 Å². The normalized spacial score (nSPS) is 27.9. The van der Waals surface area contributed by atoms with E-state index in [1.165, 1.54) is 85.6 Å². The van der Waals surface area contributed by atoms with Gasteiger partial charge in [0.2, 0.25) is 11.8 Å². The Bertz CT molecular complexity index is 5310. The van der Waals surface area contributed by atoms with Crippen molar-refractivity contribution in [3.63, 3.8) is 0 Å². The van der Waals surface area contributed by atoms with E-state index in [1.807, 2.05) is 36.7 Å². The summed E-state index contributed by atoms with van der Waals surface area (Å²) in [7, 11) is 2.95. The van der Waals surface area contributed by atoms with E-state index in [9.17, 15) is 28.8 Å². The number of H-pyrrole nitrogens is 1. The fourth-order valence-corrected chi connectivity index (χ4v) is 18.3. The SMILES string of the molecule is Fc1cc(-c2cnc(C3CCCN3)[nH]2)ccc1-c1ccc(C2=CN=C([C@@H]3CCCN3)C2)c2c1C1CCC2C1.[2H]C([2H])([2H])C([2H])(C([2H])([2H])[2H])[C@]([2H])(NC(=O)OC)C(=O)N1CCC[C@H]1C1=NC=C(c2ccc(-c3ccc(C4=CN=C([C@@H]5CCCN5C(=O)[C@]([2H])(NC(=O)OC)C([2H])(C)C)C4)c4c3C3CCC4C3)c(F)c2)C1.[2H]C([2H])([2H])C([2H])(C)[C@]([2H])(NC(=O)OC)C(=O)O. The molecule has 8 heterocycles. The lowest BCUT2D eigenvalue weighted by Crippen LogP contribution is -2.53. The standard InChI is InChI=1S/C47H57FN6O6.C32H34FN5.C7H13NO4/c1-25(2)42(51-46(57)59-5)44(55)53-17-7-9-38(53)36-21-30(23-49-36)27-13-14-33(35(48)20-27)34-16-15-32(40-28-11-12-29(19-28)41(34)40)31-22-37(50-24-31)39-10-8-18-54(39)45(56)43(26(3)4)52-47(58)60-6;33-25-14-18(29-17-37-32(38-29)27-4-2-12-35-27)7-8-23(25)24-10-9-22(30-19-5-6-20(13-19)31(24)30)21-15-28(36-16-21)26-3-1-11-34-26;1-4(2)5(6(9)10)8-7(11)12-3/h13-16,20,23-26,28-29,38-39,42-43H,7-12,17-19,21-22H2,1-6H3,(H,51,57)(H,52,58);7-10,14,16-17,19-20,26-27,34-35H,1-6,11-13,15H2,(H,37,38);4-5H,1-3H3,(H,8,11)(H,9,10)/t28?,29?,38-,39-,42-,43+;19?,20?,26-,27?;5-/m000/s1/i1D3,2D3,25D,26D,42D,43D;;1D3,4D,5D/t2m;4?,5-. The summed E-state index contributed by atoms with van der Waals surface area (Å²) in [5.74, 6) is -10.4. The Labute approximate surface area is 663 Å². The van der Waals surface area contributed by atoms with Crippen molar-refractivity contribution in [1.29, 1.82) is 0 Å². The maximum absolute atomic E-state index is 16.6. The van der Waals surface area contributed by atoms with Gasteiger partial charge in [0.25, 0.3) is 0 Å². The van der Waals surface area contributed by atoms with Gasteiger partial charge in [0.1, 0.15) is 35.5 Å². The van der Waals surface area contributed by atoms with Crippen LogP contribution in [0.5, 0.6) is 0 Å². The van der Waals surface area contributed by atoms with Gasteiger partial charge in [-0.2, -0.15) is 0 Å². The molecule has 4 bridgehead atoms. The first kappa shape index (κ1) is 60.1. The Morgan fingerprint density at radius 1 is 0.518 bits per heavy atom. The number of aromatic nitrogens is 2. The third-order valence-electron chi connectivity index (χ3n) is 23.5. The minimum Gasteiger partial charge on any atom is -0.480 e. The number of methoxy groups -OCH3 is 3. The molecule has 6 fully saturated rings. The lowest BCUT2D eigenvalue weighted by Gasteiger charge is -2.31. The van der Waals surface area contributed by atoms with E-state index < -0.39 is 110 Å². The first-order valence-corrected chi connectivity index (χ1v) is 38.0. The fourth-order valence-electron chi connectivity index (χ4n) is 18.3. The summed E-state index contributed by atoms with van der Waals surface area (Å²) in [6.07, 6.45) is 18.3. The summed E-state index contributed by atoms with van der Waals surface area (Å²) in [5, 5.41) is 21.6. The number of aliphatic carboxylic acids is 1. The number of hydrogen-bond acceptors (Lipinski definition) is 15. The van der Waals surface area contributed by atoms with E-state index in [1.54, 1.807) is 39.9 Å². The van der Waals surface area contributed by atoms with E-state index in [0.29, 0.717) is 84.5 Å². The highest BCUT2D eigenvalue weighted by Crippen LogP contribution is 2.60. The zero-order chi connectivity index (χ0) is 90.4. The number of likely N-dealkylation sites (tertiary alicyclic amines) is 2. The molecule has 22 nitrogen and oxygen atoms in total. The number of carboxylic acids is 1. The average molecular weight is 1520 g/mol. The Morgan fingerprint density at radius 2 is 0.945 bits per heavy atom. The van der Waals surface area contributed by atoms with E-state index >= 15 is 8.78 Å². The first-order valence-electron chi connectivity index (χ1n) is 45.5. The minimum absolute atomic E-state index is 0.0454. The molecule has 4 aromatic carbocycles. The molecule has 4 saturated heterocycles. The second kappa shape index (κ2) is 33.1. The van der Waals surface area contributed by atoms with Gasteiger partial charge in [-0.1, -0.05) is 89.9 Å². The molecule has 16 rings (SSSR count). The highest BCUT2D eigenvalue weighted by Gasteiger charge is 2.46. The maximum Gasteiger partial charge on any atom is 0.407 e. The molecule has 7 N–H and O–H groups in total. The van der Waals surface area contributed by atoms with Crippen LogP contribution < -0.4 is 26.6 Å². The molecule has 0 radical (unpaired) electrons. The van der Waals surface area contributed by atoms with Gasteiger partial charge in [0.15, 0.2) is 0 Å². The number of nitrogens with one attached hydrogen (secondary N) is 6. The van der Waals surface area contributed by atoms with Crippen molar-refractivity contribution in [2.24, 2.45) is 32.7 Å². The number of nitrogens with zero attached hydrogens (tertiary/aromatic N) is 6. The summed E-state index contributed by atoms with van der Waals surface area (Å²) in [6, 6.07) is 9.58. The average Bonchev–Trinajstić information content (AvgIpc) is 1.32. The van der Waals surface area contributed by atoms with Crippen LogP contribution in [0.3, 0.4) is 0 Å². The number of aliphatic imine (C=N–C) groups is 3. The number of carbonyl (C=O) groups is 6. The largest absolute Gasteiger partial charge is 0.480 e. The number of carbonyl (C=O) groups excluding carboxylic acids is 5. The monoisotopic (exact) mass is 1520 g/mol. The summed E-state index contributed by atoms with van der Waals surface area (Å²) >= 11 is 0. The van der Waals surface area contributed by atoms with Crippen LogP contribution in [0.15, 0.2) is 100 Å². The predicted octanol–water partition coefficient (Wildman–Crippen LogP) is 15.0. The molecule has 6 unspecified atom stereocenters. The lowest BCUT2D eigenvalue weighted by molar-refractivity contribution is -0.140. The number of allylic oxidation sites excluding steroid dienone is 3. The van der Waals surface area contributed by atoms with E-state index in [2.05, 4.69) is 58.7 Å². The molecule has 2 saturated carbocycles. The minimum atomic E-state index is -3.81. The second-order valence-electron chi connectivity index (χ2n) is 30.2. The summed E-state index contributed by atoms with van der Waals surface area (Å²) in [5.41, 5.74) is 18.2. The van der Waals surface area contributed by atoms with Gasteiger partial charge in [0.05, 0.1) is 55.5 Å². The number of alkyl carbamates (subject to hydrolysis) is 3. The Morgan fingerprint density at radius 3 is 1.42 bits per heavy atom. The Balaban J connectivity index is 0.000000190. The first-order chi connectivity index (χ1) is 58.8. The Kier molecular flexibility index (Phi) is 18.1. The van der Waals surface area contributed by atoms with Gasteiger partial charge in [0, 0.05) is 107 Å². The Hall–Kier alpha value is -9.68. The molecular weight excluding hydrogens is 1400 g/mol. The van der Waals surface area contributed by atoms with E-state index in [4.69, 9.17) is 40.4 Å². The molecule has 12 atom stereocenters. The van der Waals surface area contributed by atoms with Gasteiger partial charge in [-0.15, -0.1) is 0 Å². The molecule has 11 aliphatic rings. The molecule has 1 aromatic heterocycles. The maximum atomic E-state index is 16.6. The highest BCUT2D eigenvalue weighted by atomic mass is 19.1. The van der Waals surface area contributed by atoms with Gasteiger partial charge >= 0.3 is 24.2 Å². The van der Waals surface area contributed by atoms with E-state index in [-0.39, 0.29) is 36.7 Å². The summed E-state index contributed by atoms with van der Waals surface area (Å²) < 4.78 is 165. The number of carboxylic acid groups (broad SMARTS) is 1. The smallest absolute Gasteiger partial charge is 0.407 e. The van der Waals surface area contributed by atoms with Crippen molar-refractivity contribution in [3.8, 4) is 33.5 Å². The van der Waals surface area contributed by atoms with Crippen LogP contribution in [0.4, 0.5) is 23.2 Å². The van der Waals surface area contributed by atoms with Crippen LogP contribution in [0.2, 0.25) is 0 Å². The third kappa shape index (κ3) is 15.6. The van der Waals surface area contributed by atoms with Crippen molar-refractivity contribution in [1.82, 2.24) is 46.4 Å². The highest BCUT2D eigenvalue weighted by molar-refractivity contribution is 6.06. The molecule has 5 aromatic rings. The van der Waals surface area contributed by atoms with Crippen LogP contribution in [0, 0.1) is 29.3 Å². The van der Waals surface area contributed by atoms with E-state index in [0.717, 1.165) is 135 Å². The number of aromatic amines is 1.